The molecule has 2 aromatic rings. The number of alkyl halides is 2. The Hall–Kier alpha value is -2.27. The summed E-state index contributed by atoms with van der Waals surface area (Å²) in [5.74, 6) is 0. The molecule has 1 aromatic carbocycles. The normalized spacial score (nSPS) is 14.0. The first kappa shape index (κ1) is 21.0. The fourth-order valence-electron chi connectivity index (χ4n) is 3.13. The van der Waals surface area contributed by atoms with E-state index in [1.165, 1.54) is 16.8 Å². The summed E-state index contributed by atoms with van der Waals surface area (Å²) in [6.45, 7) is 6.53. The van der Waals surface area contributed by atoms with Crippen molar-refractivity contribution in [2.75, 3.05) is 19.6 Å². The average Bonchev–Trinajstić information content (AvgIpc) is 2.70. The van der Waals surface area contributed by atoms with Gasteiger partial charge in [-0.2, -0.15) is 0 Å². The lowest BCUT2D eigenvalue weighted by Gasteiger charge is -2.23. The van der Waals surface area contributed by atoms with Crippen LogP contribution >= 0.6 is 0 Å². The van der Waals surface area contributed by atoms with Gasteiger partial charge in [-0.05, 0) is 47.2 Å². The molecule has 0 saturated heterocycles. The third-order valence-electron chi connectivity index (χ3n) is 4.38. The number of nitrogens with one attached hydrogen (secondary N) is 2. The van der Waals surface area contributed by atoms with Gasteiger partial charge in [0.25, 0.3) is 0 Å². The molecule has 0 spiro atoms. The van der Waals surface area contributed by atoms with Gasteiger partial charge in [-0.25, -0.2) is 8.78 Å². The van der Waals surface area contributed by atoms with Crippen LogP contribution in [0.15, 0.2) is 54.5 Å². The van der Waals surface area contributed by atoms with Gasteiger partial charge in [-0.3, -0.25) is 4.98 Å². The lowest BCUT2D eigenvalue weighted by atomic mass is 9.97. The van der Waals surface area contributed by atoms with Crippen molar-refractivity contribution in [1.82, 2.24) is 15.6 Å². The highest BCUT2D eigenvalue weighted by molar-refractivity contribution is 5.71. The van der Waals surface area contributed by atoms with E-state index in [1.807, 2.05) is 44.2 Å². The molecule has 3 rings (SSSR count). The predicted molar refractivity (Wildman–Crippen MR) is 108 cm³/mol. The highest BCUT2D eigenvalue weighted by Crippen LogP contribution is 2.23. The standard InChI is InChI=1S/C20H23F2N3.C2H6/c21-20(22)13-16-2-1-3-17(12-16)18-14-24-10-7-19(18)25-11-6-15-4-8-23-9-5-15;1-2/h1-5,8-9,12,20,24-25H,6-7,10-11,13-14H2;1-2H3. The molecule has 0 bridgehead atoms. The van der Waals surface area contributed by atoms with Crippen LogP contribution in [0.5, 0.6) is 0 Å². The Morgan fingerprint density at radius 3 is 2.63 bits per heavy atom. The van der Waals surface area contributed by atoms with Gasteiger partial charge in [-0.15, -0.1) is 0 Å². The highest BCUT2D eigenvalue weighted by Gasteiger charge is 2.15. The van der Waals surface area contributed by atoms with Crippen LogP contribution in [0, 0.1) is 0 Å². The quantitative estimate of drug-likeness (QED) is 0.753. The lowest BCUT2D eigenvalue weighted by Crippen LogP contribution is -2.30. The molecule has 2 heterocycles. The molecule has 0 unspecified atom stereocenters. The summed E-state index contributed by atoms with van der Waals surface area (Å²) in [4.78, 5) is 4.03. The molecule has 1 aliphatic heterocycles. The van der Waals surface area contributed by atoms with Gasteiger partial charge >= 0.3 is 0 Å². The Labute approximate surface area is 160 Å². The van der Waals surface area contributed by atoms with E-state index in [-0.39, 0.29) is 6.42 Å². The second kappa shape index (κ2) is 11.4. The van der Waals surface area contributed by atoms with Crippen LogP contribution < -0.4 is 10.6 Å². The smallest absolute Gasteiger partial charge is 0.242 e. The number of hydrogen-bond acceptors (Lipinski definition) is 3. The van der Waals surface area contributed by atoms with Crippen LogP contribution in [0.3, 0.4) is 0 Å². The molecule has 3 nitrogen and oxygen atoms in total. The minimum atomic E-state index is -2.31. The van der Waals surface area contributed by atoms with Crippen molar-refractivity contribution in [3.63, 3.8) is 0 Å². The maximum absolute atomic E-state index is 12.7. The van der Waals surface area contributed by atoms with E-state index >= 15 is 0 Å². The molecule has 2 N–H and O–H groups in total. The molecule has 5 heteroatoms. The first-order chi connectivity index (χ1) is 13.2. The topological polar surface area (TPSA) is 37.0 Å². The van der Waals surface area contributed by atoms with E-state index in [2.05, 4.69) is 15.6 Å². The molecule has 1 aliphatic rings. The van der Waals surface area contributed by atoms with Gasteiger partial charge in [0, 0.05) is 44.1 Å². The molecular weight excluding hydrogens is 344 g/mol. The zero-order chi connectivity index (χ0) is 19.5. The molecule has 0 fully saturated rings. The third kappa shape index (κ3) is 6.75. The summed E-state index contributed by atoms with van der Waals surface area (Å²) < 4.78 is 25.3. The van der Waals surface area contributed by atoms with Crippen LogP contribution in [0.25, 0.3) is 5.57 Å². The molecule has 27 heavy (non-hydrogen) atoms. The van der Waals surface area contributed by atoms with Crippen molar-refractivity contribution in [1.29, 1.82) is 0 Å². The zero-order valence-electron chi connectivity index (χ0n) is 16.1. The number of nitrogens with zero attached hydrogens (tertiary/aromatic N) is 1. The van der Waals surface area contributed by atoms with E-state index in [0.717, 1.165) is 38.0 Å². The highest BCUT2D eigenvalue weighted by atomic mass is 19.3. The molecule has 0 radical (unpaired) electrons. The van der Waals surface area contributed by atoms with Gasteiger partial charge in [0.15, 0.2) is 0 Å². The number of hydrogen-bond donors (Lipinski definition) is 2. The molecular formula is C22H29F2N3. The Kier molecular flexibility index (Phi) is 8.92. The van der Waals surface area contributed by atoms with E-state index in [0.29, 0.717) is 5.56 Å². The average molecular weight is 373 g/mol. The second-order valence-corrected chi connectivity index (χ2v) is 6.21. The van der Waals surface area contributed by atoms with E-state index in [9.17, 15) is 8.78 Å². The van der Waals surface area contributed by atoms with Gasteiger partial charge in [-0.1, -0.05) is 38.1 Å². The van der Waals surface area contributed by atoms with Crippen LogP contribution in [0.2, 0.25) is 0 Å². The third-order valence-corrected chi connectivity index (χ3v) is 4.38. The number of halogens is 2. The van der Waals surface area contributed by atoms with Crippen LogP contribution in [0.1, 0.15) is 37.0 Å². The SMILES string of the molecule is CC.FC(F)Cc1cccc(C2=C(NCCc3ccncc3)CCNC2)c1. The first-order valence-electron chi connectivity index (χ1n) is 9.65. The van der Waals surface area contributed by atoms with Gasteiger partial charge < -0.3 is 10.6 Å². The number of aromatic nitrogens is 1. The maximum atomic E-state index is 12.7. The summed E-state index contributed by atoms with van der Waals surface area (Å²) in [6, 6.07) is 11.6. The molecule has 146 valence electrons. The Balaban J connectivity index is 0.00000126. The van der Waals surface area contributed by atoms with Crippen LogP contribution in [-0.4, -0.2) is 31.0 Å². The van der Waals surface area contributed by atoms with Gasteiger partial charge in [0.05, 0.1) is 0 Å². The van der Waals surface area contributed by atoms with Gasteiger partial charge in [0.2, 0.25) is 6.43 Å². The summed E-state index contributed by atoms with van der Waals surface area (Å²) in [7, 11) is 0. The summed E-state index contributed by atoms with van der Waals surface area (Å²) in [5, 5.41) is 6.93. The number of rotatable bonds is 7. The number of benzene rings is 1. The summed E-state index contributed by atoms with van der Waals surface area (Å²) >= 11 is 0. The summed E-state index contributed by atoms with van der Waals surface area (Å²) in [5.41, 5.74) is 5.34. The van der Waals surface area contributed by atoms with Crippen molar-refractivity contribution in [3.8, 4) is 0 Å². The molecule has 1 aromatic heterocycles. The Morgan fingerprint density at radius 1 is 1.11 bits per heavy atom. The molecule has 0 atom stereocenters. The van der Waals surface area contributed by atoms with Crippen LogP contribution in [-0.2, 0) is 12.8 Å². The largest absolute Gasteiger partial charge is 0.388 e. The zero-order valence-corrected chi connectivity index (χ0v) is 16.1. The van der Waals surface area contributed by atoms with E-state index < -0.39 is 6.43 Å². The van der Waals surface area contributed by atoms with Crippen molar-refractivity contribution in [2.45, 2.75) is 39.5 Å². The number of pyridine rings is 1. The molecule has 0 amide bonds. The van der Waals surface area contributed by atoms with E-state index in [4.69, 9.17) is 0 Å². The predicted octanol–water partition coefficient (Wildman–Crippen LogP) is 4.45. The fourth-order valence-corrected chi connectivity index (χ4v) is 3.13. The minimum Gasteiger partial charge on any atom is -0.388 e. The fraction of sp³-hybridized carbons (Fsp3) is 0.409. The van der Waals surface area contributed by atoms with Crippen molar-refractivity contribution < 1.29 is 8.78 Å². The van der Waals surface area contributed by atoms with Gasteiger partial charge in [0.1, 0.15) is 0 Å². The second-order valence-electron chi connectivity index (χ2n) is 6.21. The summed E-state index contributed by atoms with van der Waals surface area (Å²) in [6.07, 6.45) is 2.95. The first-order valence-corrected chi connectivity index (χ1v) is 9.65. The molecule has 0 aliphatic carbocycles. The lowest BCUT2D eigenvalue weighted by molar-refractivity contribution is 0.149. The Morgan fingerprint density at radius 2 is 1.89 bits per heavy atom. The maximum Gasteiger partial charge on any atom is 0.242 e. The molecule has 0 saturated carbocycles. The Bertz CT molecular complexity index is 715. The van der Waals surface area contributed by atoms with Crippen molar-refractivity contribution in [2.24, 2.45) is 0 Å². The monoisotopic (exact) mass is 373 g/mol. The van der Waals surface area contributed by atoms with Crippen LogP contribution in [0.4, 0.5) is 8.78 Å². The van der Waals surface area contributed by atoms with Crippen molar-refractivity contribution in [3.05, 3.63) is 71.2 Å². The minimum absolute atomic E-state index is 0.195. The van der Waals surface area contributed by atoms with Crippen molar-refractivity contribution >= 4 is 5.57 Å². The van der Waals surface area contributed by atoms with E-state index in [1.54, 1.807) is 18.5 Å².